The van der Waals surface area contributed by atoms with E-state index in [0.29, 0.717) is 0 Å². The normalized spacial score (nSPS) is 7.29. The Hall–Kier alpha value is 0.986. The van der Waals surface area contributed by atoms with Crippen molar-refractivity contribution < 1.29 is 0 Å². The van der Waals surface area contributed by atoms with Crippen LogP contribution in [0.15, 0.2) is 11.6 Å². The molecular weight excluding hydrogens is 164 g/mol. The van der Waals surface area contributed by atoms with Crippen LogP contribution in [0.3, 0.4) is 0 Å². The monoisotopic (exact) mass is 172 g/mol. The highest BCUT2D eigenvalue weighted by Crippen LogP contribution is 1.93. The quantitative estimate of drug-likeness (QED) is 0.444. The first-order valence-electron chi connectivity index (χ1n) is 2.46. The molecule has 0 aliphatic carbocycles. The lowest BCUT2D eigenvalue weighted by atomic mass is 10.3. The molecule has 0 bridgehead atoms. The summed E-state index contributed by atoms with van der Waals surface area (Å²) in [5.74, 6) is 0. The minimum absolute atomic E-state index is 0.107. The highest BCUT2D eigenvalue weighted by Gasteiger charge is 1.81. The minimum atomic E-state index is 0.107. The van der Waals surface area contributed by atoms with E-state index in [1.807, 2.05) is 0 Å². The third kappa shape index (κ3) is 6.99. The van der Waals surface area contributed by atoms with Crippen molar-refractivity contribution in [2.45, 2.75) is 18.4 Å². The van der Waals surface area contributed by atoms with Gasteiger partial charge in [0.05, 0.1) is 0 Å². The van der Waals surface area contributed by atoms with Crippen LogP contribution in [-0.4, -0.2) is 18.2 Å². The van der Waals surface area contributed by atoms with Gasteiger partial charge in [0.25, 0.3) is 0 Å². The van der Waals surface area contributed by atoms with Crippen molar-refractivity contribution in [3.05, 3.63) is 11.6 Å². The van der Waals surface area contributed by atoms with E-state index in [4.69, 9.17) is 0 Å². The molecular formula is C5H9BrMg. The highest BCUT2D eigenvalue weighted by atomic mass is 79.9. The number of allylic oxidation sites excluding steroid dienone is 2. The maximum atomic E-state index is 3.47. The van der Waals surface area contributed by atoms with Gasteiger partial charge in [0.15, 0.2) is 0 Å². The van der Waals surface area contributed by atoms with Crippen LogP contribution in [-0.2, 0) is 0 Å². The van der Waals surface area contributed by atoms with Crippen LogP contribution in [0.25, 0.3) is 0 Å². The fourth-order valence-corrected chi connectivity index (χ4v) is 1.72. The molecule has 0 nitrogen and oxygen atoms in total. The lowest BCUT2D eigenvalue weighted by Crippen LogP contribution is -1.70. The van der Waals surface area contributed by atoms with Crippen LogP contribution in [0.1, 0.15) is 13.8 Å². The number of rotatable bonds is 2. The standard InChI is InChI=1S/C5H9.BrH.Mg/c1-4-5(2)3;;/h4H,1H2,2-3H3;1H;/q;;+1/p-1. The van der Waals surface area contributed by atoms with E-state index < -0.39 is 0 Å². The first kappa shape index (κ1) is 7.99. The first-order valence-corrected chi connectivity index (χ1v) is 7.36. The van der Waals surface area contributed by atoms with E-state index in [1.54, 1.807) is 0 Å². The van der Waals surface area contributed by atoms with Crippen LogP contribution in [0.2, 0.25) is 4.55 Å². The van der Waals surface area contributed by atoms with Gasteiger partial charge in [-0.2, -0.15) is 0 Å². The van der Waals surface area contributed by atoms with E-state index >= 15 is 0 Å². The zero-order valence-electron chi connectivity index (χ0n) is 4.87. The summed E-state index contributed by atoms with van der Waals surface area (Å²) in [6.45, 7) is 4.27. The van der Waals surface area contributed by atoms with E-state index in [0.717, 1.165) is 0 Å². The van der Waals surface area contributed by atoms with Gasteiger partial charge in [-0.1, -0.05) is 5.57 Å². The number of hydrogen-bond donors (Lipinski definition) is 0. The molecule has 2 heteroatoms. The second-order valence-corrected chi connectivity index (χ2v) is 5.09. The van der Waals surface area contributed by atoms with E-state index in [1.165, 1.54) is 10.1 Å². The van der Waals surface area contributed by atoms with E-state index in [9.17, 15) is 0 Å². The zero-order valence-corrected chi connectivity index (χ0v) is 7.87. The largest absolute Gasteiger partial charge is 0.472 e. The summed E-state index contributed by atoms with van der Waals surface area (Å²) in [5.41, 5.74) is 1.44. The maximum Gasteiger partial charge on any atom is 0.472 e. The predicted molar refractivity (Wildman–Crippen MR) is 38.9 cm³/mol. The molecule has 0 atom stereocenters. The molecule has 0 aromatic heterocycles. The molecule has 0 heterocycles. The third-order valence-electron chi connectivity index (χ3n) is 0.662. The Morgan fingerprint density at radius 2 is 2.29 bits per heavy atom. The van der Waals surface area contributed by atoms with Gasteiger partial charge < -0.3 is 12.9 Å². The average molecular weight is 173 g/mol. The second-order valence-electron chi connectivity index (χ2n) is 1.76. The van der Waals surface area contributed by atoms with Gasteiger partial charge in [-0.3, -0.25) is 0 Å². The molecule has 38 valence electrons. The van der Waals surface area contributed by atoms with Crippen LogP contribution >= 0.6 is 12.9 Å². The van der Waals surface area contributed by atoms with Crippen molar-refractivity contribution >= 4 is 31.1 Å². The number of halogens is 1. The van der Waals surface area contributed by atoms with Gasteiger partial charge >= 0.3 is 18.2 Å². The molecule has 0 radical (unpaired) electrons. The molecule has 0 unspecified atom stereocenters. The molecule has 0 aromatic carbocycles. The smallest absolute Gasteiger partial charge is 0.306 e. The summed E-state index contributed by atoms with van der Waals surface area (Å²) in [4.78, 5) is 0. The Bertz CT molecular complexity index is 64.5. The van der Waals surface area contributed by atoms with Gasteiger partial charge in [0.2, 0.25) is 0 Å². The Labute approximate surface area is 61.0 Å². The van der Waals surface area contributed by atoms with Crippen molar-refractivity contribution in [1.29, 1.82) is 0 Å². The molecule has 0 amide bonds. The van der Waals surface area contributed by atoms with Crippen molar-refractivity contribution in [3.63, 3.8) is 0 Å². The molecule has 0 aliphatic heterocycles. The van der Waals surface area contributed by atoms with Gasteiger partial charge in [-0.05, 0) is 13.8 Å². The van der Waals surface area contributed by atoms with E-state index in [2.05, 4.69) is 32.8 Å². The molecule has 0 aromatic rings. The molecule has 0 aliphatic rings. The van der Waals surface area contributed by atoms with Gasteiger partial charge in [0, 0.05) is 0 Å². The summed E-state index contributed by atoms with van der Waals surface area (Å²) in [6.07, 6.45) is 2.28. The molecule has 0 spiro atoms. The molecule has 0 fully saturated rings. The Balaban J connectivity index is 3.08. The maximum absolute atomic E-state index is 3.47. The van der Waals surface area contributed by atoms with E-state index in [-0.39, 0.29) is 18.2 Å². The van der Waals surface area contributed by atoms with Gasteiger partial charge in [-0.25, -0.2) is 0 Å². The van der Waals surface area contributed by atoms with Crippen molar-refractivity contribution in [2.24, 2.45) is 0 Å². The van der Waals surface area contributed by atoms with Gasteiger partial charge in [0.1, 0.15) is 0 Å². The van der Waals surface area contributed by atoms with Crippen molar-refractivity contribution in [3.8, 4) is 0 Å². The Morgan fingerprint density at radius 3 is 2.43 bits per heavy atom. The molecule has 7 heavy (non-hydrogen) atoms. The lowest BCUT2D eigenvalue weighted by Gasteiger charge is -1.82. The summed E-state index contributed by atoms with van der Waals surface area (Å²) >= 11 is 3.58. The van der Waals surface area contributed by atoms with Crippen molar-refractivity contribution in [2.75, 3.05) is 0 Å². The molecule has 0 saturated carbocycles. The highest BCUT2D eigenvalue weighted by molar-refractivity contribution is 9.23. The Morgan fingerprint density at radius 1 is 1.71 bits per heavy atom. The summed E-state index contributed by atoms with van der Waals surface area (Å²) in [5, 5.41) is 0. The lowest BCUT2D eigenvalue weighted by molar-refractivity contribution is 1.36. The van der Waals surface area contributed by atoms with Gasteiger partial charge in [-0.15, -0.1) is 10.6 Å². The average Bonchev–Trinajstić information content (AvgIpc) is 1.61. The SMILES string of the molecule is CC(C)=C[CH2][Mg][Br]. The number of hydrogen-bond acceptors (Lipinski definition) is 0. The molecule has 0 rings (SSSR count). The van der Waals surface area contributed by atoms with Crippen molar-refractivity contribution in [1.82, 2.24) is 0 Å². The third-order valence-corrected chi connectivity index (χ3v) is 2.54. The fraction of sp³-hybridized carbons (Fsp3) is 0.600. The molecule has 0 saturated heterocycles. The fourth-order valence-electron chi connectivity index (χ4n) is 0.343. The van der Waals surface area contributed by atoms with Crippen LogP contribution < -0.4 is 0 Å². The predicted octanol–water partition coefficient (Wildman–Crippen LogP) is 2.39. The van der Waals surface area contributed by atoms with Crippen LogP contribution in [0.4, 0.5) is 0 Å². The summed E-state index contributed by atoms with van der Waals surface area (Å²) in [6, 6.07) is 0. The zero-order chi connectivity index (χ0) is 5.70. The first-order chi connectivity index (χ1) is 3.27. The molecule has 0 N–H and O–H groups in total. The summed E-state index contributed by atoms with van der Waals surface area (Å²) in [7, 11) is 0. The second kappa shape index (κ2) is 5.13. The minimum Gasteiger partial charge on any atom is -0.306 e. The summed E-state index contributed by atoms with van der Waals surface area (Å²) < 4.78 is 1.29. The Kier molecular flexibility index (Phi) is 5.85. The van der Waals surface area contributed by atoms with Crippen LogP contribution in [0, 0.1) is 0 Å². The topological polar surface area (TPSA) is 0 Å². The van der Waals surface area contributed by atoms with Crippen LogP contribution in [0.5, 0.6) is 0 Å².